The zero-order valence-corrected chi connectivity index (χ0v) is 21.1. The molecule has 0 aromatic carbocycles. The SMILES string of the molecule is CCCCCCCCCCCCCCCCCC(N)[Te].Cl.Cl.Cl.Cl. The molecule has 0 bridgehead atoms. The molecule has 0 fully saturated rings. The van der Waals surface area contributed by atoms with E-state index in [2.05, 4.69) is 6.92 Å². The van der Waals surface area contributed by atoms with E-state index in [0.717, 1.165) is 0 Å². The summed E-state index contributed by atoms with van der Waals surface area (Å²) in [6, 6.07) is 0. The molecule has 0 saturated heterocycles. The Kier molecular flexibility index (Phi) is 49.9. The Balaban J connectivity index is -0.000000301. The van der Waals surface area contributed by atoms with Crippen molar-refractivity contribution in [3.05, 3.63) is 0 Å². The standard InChI is InChI=1S/C18H38NTe.4ClH/c1-2-3-4-5-6-7-8-9-10-11-12-13-14-15-16-17-18(19)20;;;;/h18H,2-17,19H2,1H3;4*1H. The zero-order chi connectivity index (χ0) is 14.9. The van der Waals surface area contributed by atoms with E-state index in [0.29, 0.717) is 4.09 Å². The van der Waals surface area contributed by atoms with Crippen molar-refractivity contribution in [3.63, 3.8) is 0 Å². The minimum Gasteiger partial charge on any atom is -0.147 e. The Bertz CT molecular complexity index is 186. The molecule has 153 valence electrons. The fraction of sp³-hybridized carbons (Fsp3) is 1.00. The third-order valence-corrected chi connectivity index (χ3v) is 4.76. The molecule has 1 nitrogen and oxygen atoms in total. The van der Waals surface area contributed by atoms with Gasteiger partial charge in [-0.15, -0.1) is 49.6 Å². The molecule has 24 heavy (non-hydrogen) atoms. The summed E-state index contributed by atoms with van der Waals surface area (Å²) in [6.45, 7) is 2.29. The quantitative estimate of drug-likeness (QED) is 0.160. The van der Waals surface area contributed by atoms with Crippen LogP contribution in [0.3, 0.4) is 0 Å². The van der Waals surface area contributed by atoms with Gasteiger partial charge in [0, 0.05) is 0 Å². The van der Waals surface area contributed by atoms with Crippen LogP contribution in [0.5, 0.6) is 0 Å². The number of hydrogen-bond donors (Lipinski definition) is 1. The summed E-state index contributed by atoms with van der Waals surface area (Å²) in [7, 11) is 0. The van der Waals surface area contributed by atoms with E-state index < -0.39 is 0 Å². The van der Waals surface area contributed by atoms with Gasteiger partial charge in [-0.3, -0.25) is 0 Å². The first-order valence-corrected chi connectivity index (χ1v) is 10.5. The van der Waals surface area contributed by atoms with Crippen molar-refractivity contribution >= 4 is 71.9 Å². The van der Waals surface area contributed by atoms with Crippen molar-refractivity contribution in [1.82, 2.24) is 0 Å². The molecule has 2 N–H and O–H groups in total. The third kappa shape index (κ3) is 35.1. The van der Waals surface area contributed by atoms with Crippen LogP contribution in [-0.4, -0.2) is 26.4 Å². The maximum Gasteiger partial charge on any atom is -0.147 e. The van der Waals surface area contributed by atoms with Crippen molar-refractivity contribution in [2.24, 2.45) is 5.73 Å². The molecule has 0 aliphatic carbocycles. The number of rotatable bonds is 16. The first kappa shape index (κ1) is 36.8. The van der Waals surface area contributed by atoms with E-state index in [1.54, 1.807) is 0 Å². The summed E-state index contributed by atoms with van der Waals surface area (Å²) < 4.78 is 0.410. The Hall–Kier alpha value is 1.91. The van der Waals surface area contributed by atoms with Crippen LogP contribution in [0.4, 0.5) is 0 Å². The number of hydrogen-bond acceptors (Lipinski definition) is 1. The van der Waals surface area contributed by atoms with Crippen molar-refractivity contribution < 1.29 is 0 Å². The van der Waals surface area contributed by atoms with E-state index in [9.17, 15) is 0 Å². The topological polar surface area (TPSA) is 26.0 Å². The summed E-state index contributed by atoms with van der Waals surface area (Å²) in [5, 5.41) is 0. The van der Waals surface area contributed by atoms with Crippen LogP contribution in [0, 0.1) is 0 Å². The van der Waals surface area contributed by atoms with Gasteiger partial charge < -0.3 is 0 Å². The van der Waals surface area contributed by atoms with Crippen LogP contribution in [0.2, 0.25) is 0 Å². The van der Waals surface area contributed by atoms with Crippen LogP contribution < -0.4 is 5.73 Å². The number of nitrogens with two attached hydrogens (primary N) is 1. The van der Waals surface area contributed by atoms with Crippen molar-refractivity contribution in [1.29, 1.82) is 0 Å². The zero-order valence-electron chi connectivity index (χ0n) is 15.5. The molecule has 1 atom stereocenters. The van der Waals surface area contributed by atoms with Gasteiger partial charge in [0.2, 0.25) is 0 Å². The Morgan fingerprint density at radius 3 is 1.04 bits per heavy atom. The van der Waals surface area contributed by atoms with Gasteiger partial charge in [-0.05, 0) is 0 Å². The molecule has 0 rings (SSSR count). The van der Waals surface area contributed by atoms with Crippen molar-refractivity contribution in [2.45, 2.75) is 114 Å². The molecule has 6 heteroatoms. The molecule has 0 saturated carbocycles. The summed E-state index contributed by atoms with van der Waals surface area (Å²) in [5.41, 5.74) is 5.75. The first-order chi connectivity index (χ1) is 9.77. The van der Waals surface area contributed by atoms with E-state index >= 15 is 0 Å². The Labute approximate surface area is 190 Å². The van der Waals surface area contributed by atoms with Gasteiger partial charge in [-0.25, -0.2) is 0 Å². The van der Waals surface area contributed by atoms with Crippen LogP contribution in [0.15, 0.2) is 0 Å². The average molecular weight is 542 g/mol. The molecule has 0 aliphatic rings. The smallest absolute Gasteiger partial charge is 0.147 e. The van der Waals surface area contributed by atoms with Gasteiger partial charge in [0.05, 0.1) is 0 Å². The van der Waals surface area contributed by atoms with Crippen LogP contribution in [-0.2, 0) is 0 Å². The minimum absolute atomic E-state index is 0. The second kappa shape index (κ2) is 32.6. The Morgan fingerprint density at radius 1 is 0.542 bits per heavy atom. The largest absolute Gasteiger partial charge is 0.147 e. The van der Waals surface area contributed by atoms with E-state index in [4.69, 9.17) is 5.73 Å². The van der Waals surface area contributed by atoms with E-state index in [1.165, 1.54) is 103 Å². The molecule has 0 heterocycles. The molecule has 0 amide bonds. The molecular weight excluding hydrogens is 500 g/mol. The predicted octanol–water partition coefficient (Wildman–Crippen LogP) is 7.39. The van der Waals surface area contributed by atoms with Crippen molar-refractivity contribution in [3.8, 4) is 0 Å². The molecule has 0 spiro atoms. The summed E-state index contributed by atoms with van der Waals surface area (Å²) >= 11 is 2.05. The first-order valence-electron chi connectivity index (χ1n) is 9.18. The van der Waals surface area contributed by atoms with Gasteiger partial charge >= 0.3 is 103 Å². The van der Waals surface area contributed by atoms with Gasteiger partial charge in [0.1, 0.15) is 0 Å². The summed E-state index contributed by atoms with van der Waals surface area (Å²) in [5.74, 6) is 0. The molecule has 1 unspecified atom stereocenters. The van der Waals surface area contributed by atoms with Gasteiger partial charge in [-0.1, -0.05) is 39.0 Å². The number of halogens is 4. The second-order valence-corrected chi connectivity index (χ2v) is 8.01. The maximum absolute atomic E-state index is 5.75. The Morgan fingerprint density at radius 2 is 0.792 bits per heavy atom. The molecule has 0 aromatic rings. The van der Waals surface area contributed by atoms with Crippen molar-refractivity contribution in [2.75, 3.05) is 0 Å². The summed E-state index contributed by atoms with van der Waals surface area (Å²) in [4.78, 5) is 0. The third-order valence-electron chi connectivity index (χ3n) is 4.09. The second-order valence-electron chi connectivity index (χ2n) is 6.28. The molecule has 0 aromatic heterocycles. The fourth-order valence-electron chi connectivity index (χ4n) is 2.72. The molecule has 1 radical (unpaired) electrons. The average Bonchev–Trinajstić information content (AvgIpc) is 2.43. The van der Waals surface area contributed by atoms with Crippen LogP contribution in [0.25, 0.3) is 0 Å². The van der Waals surface area contributed by atoms with Gasteiger partial charge in [0.25, 0.3) is 0 Å². The molecule has 0 aliphatic heterocycles. The fourth-order valence-corrected chi connectivity index (χ4v) is 3.19. The number of unbranched alkanes of at least 4 members (excludes halogenated alkanes) is 14. The molecular formula is C18H42Cl4NTe. The van der Waals surface area contributed by atoms with Crippen LogP contribution in [0.1, 0.15) is 110 Å². The van der Waals surface area contributed by atoms with Crippen LogP contribution >= 0.6 is 49.6 Å². The monoisotopic (exact) mass is 542 g/mol. The maximum atomic E-state index is 5.75. The predicted molar refractivity (Wildman–Crippen MR) is 122 cm³/mol. The van der Waals surface area contributed by atoms with Gasteiger partial charge in [-0.2, -0.15) is 0 Å². The minimum atomic E-state index is 0. The normalized spacial score (nSPS) is 10.6. The summed E-state index contributed by atoms with van der Waals surface area (Å²) in [6.07, 6.45) is 22.8. The van der Waals surface area contributed by atoms with E-state index in [-0.39, 0.29) is 49.6 Å². The van der Waals surface area contributed by atoms with E-state index in [1.807, 2.05) is 22.3 Å². The van der Waals surface area contributed by atoms with Gasteiger partial charge in [0.15, 0.2) is 0 Å².